The van der Waals surface area contributed by atoms with Gasteiger partial charge in [-0.1, -0.05) is 30.0 Å². The molecular weight excluding hydrogens is 228 g/mol. The van der Waals surface area contributed by atoms with Crippen molar-refractivity contribution >= 4 is 5.97 Å². The second-order valence-electron chi connectivity index (χ2n) is 3.65. The molecule has 2 aromatic carbocycles. The van der Waals surface area contributed by atoms with Crippen LogP contribution in [0.25, 0.3) is 0 Å². The van der Waals surface area contributed by atoms with Crippen LogP contribution in [-0.2, 0) is 0 Å². The van der Waals surface area contributed by atoms with Crippen molar-refractivity contribution in [3.63, 3.8) is 0 Å². The summed E-state index contributed by atoms with van der Waals surface area (Å²) in [6.07, 6.45) is 0. The molecule has 18 heavy (non-hydrogen) atoms. The average molecular weight is 238 g/mol. The topological polar surface area (TPSA) is 57.5 Å². The lowest BCUT2D eigenvalue weighted by atomic mass is 10.1. The van der Waals surface area contributed by atoms with Gasteiger partial charge in [-0.3, -0.25) is 0 Å². The Balaban J connectivity index is 2.34. The van der Waals surface area contributed by atoms with Crippen molar-refractivity contribution < 1.29 is 15.0 Å². The van der Waals surface area contributed by atoms with Crippen LogP contribution in [0.4, 0.5) is 0 Å². The van der Waals surface area contributed by atoms with Crippen molar-refractivity contribution in [1.82, 2.24) is 0 Å². The van der Waals surface area contributed by atoms with E-state index >= 15 is 0 Å². The molecule has 0 radical (unpaired) electrons. The quantitative estimate of drug-likeness (QED) is 0.750. The summed E-state index contributed by atoms with van der Waals surface area (Å²) in [5.74, 6) is 4.35. The smallest absolute Gasteiger partial charge is 0.339 e. The Labute approximate surface area is 104 Å². The summed E-state index contributed by atoms with van der Waals surface area (Å²) in [4.78, 5) is 10.8. The first-order chi connectivity index (χ1) is 8.66. The summed E-state index contributed by atoms with van der Waals surface area (Å²) in [7, 11) is 0. The summed E-state index contributed by atoms with van der Waals surface area (Å²) in [6, 6.07) is 13.7. The molecule has 0 fully saturated rings. The number of aromatic hydroxyl groups is 1. The highest BCUT2D eigenvalue weighted by atomic mass is 16.4. The molecule has 2 aromatic rings. The van der Waals surface area contributed by atoms with Crippen molar-refractivity contribution in [2.75, 3.05) is 0 Å². The summed E-state index contributed by atoms with van der Waals surface area (Å²) in [5, 5.41) is 18.2. The van der Waals surface area contributed by atoms with Crippen molar-refractivity contribution in [3.8, 4) is 17.6 Å². The number of hydrogen-bond donors (Lipinski definition) is 2. The van der Waals surface area contributed by atoms with Gasteiger partial charge >= 0.3 is 5.97 Å². The van der Waals surface area contributed by atoms with Gasteiger partial charge in [0.25, 0.3) is 0 Å². The average Bonchev–Trinajstić information content (AvgIpc) is 2.38. The van der Waals surface area contributed by atoms with Crippen LogP contribution in [0.2, 0.25) is 0 Å². The second-order valence-corrected chi connectivity index (χ2v) is 3.65. The minimum absolute atomic E-state index is 0.144. The van der Waals surface area contributed by atoms with Crippen molar-refractivity contribution in [1.29, 1.82) is 0 Å². The SMILES string of the molecule is O=C(O)c1cc(C#Cc2ccccc2)ccc1O. The number of phenols is 1. The number of carboxylic acids is 1. The molecular formula is C15H10O3. The Bertz CT molecular complexity index is 634. The van der Waals surface area contributed by atoms with Gasteiger partial charge in [-0.2, -0.15) is 0 Å². The van der Waals surface area contributed by atoms with E-state index in [0.29, 0.717) is 5.56 Å². The standard InChI is InChI=1S/C15H10O3/c16-14-9-8-12(10-13(14)15(17)18)7-6-11-4-2-1-3-5-11/h1-5,8-10,16H,(H,17,18). The molecule has 3 heteroatoms. The molecule has 0 unspecified atom stereocenters. The van der Waals surface area contributed by atoms with Gasteiger partial charge in [0.2, 0.25) is 0 Å². The lowest BCUT2D eigenvalue weighted by molar-refractivity contribution is 0.0693. The lowest BCUT2D eigenvalue weighted by Crippen LogP contribution is -1.97. The molecule has 0 spiro atoms. The van der Waals surface area contributed by atoms with Crippen LogP contribution in [0.15, 0.2) is 48.5 Å². The Morgan fingerprint density at radius 2 is 1.61 bits per heavy atom. The number of carbonyl (C=O) groups is 1. The fourth-order valence-corrected chi connectivity index (χ4v) is 1.45. The van der Waals surface area contributed by atoms with Crippen molar-refractivity contribution in [2.24, 2.45) is 0 Å². The normalized spacial score (nSPS) is 9.33. The summed E-state index contributed by atoms with van der Waals surface area (Å²) in [6.45, 7) is 0. The molecule has 0 aromatic heterocycles. The van der Waals surface area contributed by atoms with Crippen molar-refractivity contribution in [2.45, 2.75) is 0 Å². The molecule has 0 heterocycles. The molecule has 2 rings (SSSR count). The van der Waals surface area contributed by atoms with E-state index in [0.717, 1.165) is 5.56 Å². The first-order valence-electron chi connectivity index (χ1n) is 5.30. The van der Waals surface area contributed by atoms with Gasteiger partial charge in [-0.05, 0) is 30.3 Å². The van der Waals surface area contributed by atoms with E-state index in [1.54, 1.807) is 6.07 Å². The third kappa shape index (κ3) is 2.69. The van der Waals surface area contributed by atoms with Gasteiger partial charge in [0.1, 0.15) is 11.3 Å². The fraction of sp³-hybridized carbons (Fsp3) is 0. The maximum atomic E-state index is 10.8. The van der Waals surface area contributed by atoms with E-state index < -0.39 is 5.97 Å². The second kappa shape index (κ2) is 5.07. The van der Waals surface area contributed by atoms with E-state index in [1.165, 1.54) is 12.1 Å². The lowest BCUT2D eigenvalue weighted by Gasteiger charge is -1.99. The molecule has 0 atom stereocenters. The Morgan fingerprint density at radius 1 is 0.944 bits per heavy atom. The third-order valence-corrected chi connectivity index (χ3v) is 2.35. The Kier molecular flexibility index (Phi) is 3.31. The molecule has 3 nitrogen and oxygen atoms in total. The highest BCUT2D eigenvalue weighted by molar-refractivity contribution is 5.91. The predicted octanol–water partition coefficient (Wildman–Crippen LogP) is 2.49. The van der Waals surface area contributed by atoms with Crippen LogP contribution in [0.3, 0.4) is 0 Å². The van der Waals surface area contributed by atoms with Crippen LogP contribution < -0.4 is 0 Å². The molecule has 0 aliphatic rings. The number of hydrogen-bond acceptors (Lipinski definition) is 2. The molecule has 0 bridgehead atoms. The number of carboxylic acid groups (broad SMARTS) is 1. The minimum Gasteiger partial charge on any atom is -0.507 e. The zero-order valence-corrected chi connectivity index (χ0v) is 9.42. The number of benzene rings is 2. The largest absolute Gasteiger partial charge is 0.507 e. The van der Waals surface area contributed by atoms with Crippen LogP contribution in [0.1, 0.15) is 21.5 Å². The van der Waals surface area contributed by atoms with Gasteiger partial charge in [-0.25, -0.2) is 4.79 Å². The first kappa shape index (κ1) is 11.7. The zero-order chi connectivity index (χ0) is 13.0. The molecule has 88 valence electrons. The summed E-state index contributed by atoms with van der Waals surface area (Å²) in [5.41, 5.74) is 1.26. The summed E-state index contributed by atoms with van der Waals surface area (Å²) < 4.78 is 0. The third-order valence-electron chi connectivity index (χ3n) is 2.35. The van der Waals surface area contributed by atoms with E-state index in [4.69, 9.17) is 5.11 Å². The van der Waals surface area contributed by atoms with Gasteiger partial charge < -0.3 is 10.2 Å². The highest BCUT2D eigenvalue weighted by Gasteiger charge is 2.08. The van der Waals surface area contributed by atoms with Crippen molar-refractivity contribution in [3.05, 3.63) is 65.2 Å². The van der Waals surface area contributed by atoms with E-state index in [-0.39, 0.29) is 11.3 Å². The van der Waals surface area contributed by atoms with Gasteiger partial charge in [0, 0.05) is 11.1 Å². The Hall–Kier alpha value is -2.73. The van der Waals surface area contributed by atoms with E-state index in [2.05, 4.69) is 11.8 Å². The molecule has 0 aliphatic carbocycles. The van der Waals surface area contributed by atoms with E-state index in [1.807, 2.05) is 30.3 Å². The molecule has 2 N–H and O–H groups in total. The van der Waals surface area contributed by atoms with Crippen LogP contribution in [0.5, 0.6) is 5.75 Å². The fourth-order valence-electron chi connectivity index (χ4n) is 1.45. The molecule has 0 aliphatic heterocycles. The van der Waals surface area contributed by atoms with Gasteiger partial charge in [0.15, 0.2) is 0 Å². The molecule has 0 saturated carbocycles. The van der Waals surface area contributed by atoms with Crippen LogP contribution in [-0.4, -0.2) is 16.2 Å². The molecule has 0 saturated heterocycles. The van der Waals surface area contributed by atoms with Crippen LogP contribution >= 0.6 is 0 Å². The Morgan fingerprint density at radius 3 is 2.28 bits per heavy atom. The maximum absolute atomic E-state index is 10.8. The first-order valence-corrected chi connectivity index (χ1v) is 5.30. The van der Waals surface area contributed by atoms with Gasteiger partial charge in [0.05, 0.1) is 0 Å². The minimum atomic E-state index is -1.17. The predicted molar refractivity (Wildman–Crippen MR) is 67.5 cm³/mol. The highest BCUT2D eigenvalue weighted by Crippen LogP contribution is 2.17. The monoisotopic (exact) mass is 238 g/mol. The van der Waals surface area contributed by atoms with Gasteiger partial charge in [-0.15, -0.1) is 0 Å². The zero-order valence-electron chi connectivity index (χ0n) is 9.42. The number of rotatable bonds is 1. The number of aromatic carboxylic acids is 1. The van der Waals surface area contributed by atoms with Crippen LogP contribution in [0, 0.1) is 11.8 Å². The molecule has 0 amide bonds. The van der Waals surface area contributed by atoms with E-state index in [9.17, 15) is 9.90 Å². The maximum Gasteiger partial charge on any atom is 0.339 e. The summed E-state index contributed by atoms with van der Waals surface area (Å²) >= 11 is 0.